The van der Waals surface area contributed by atoms with Crippen molar-refractivity contribution >= 4 is 35.0 Å². The van der Waals surface area contributed by atoms with E-state index < -0.39 is 0 Å². The SMILES string of the molecule is Cc1c(N2CCC3(CCC[C@H]3C)CC2)nc(N)n(-c2cccc(Cl)c2Cl)c1=O. The summed E-state index contributed by atoms with van der Waals surface area (Å²) >= 11 is 12.4. The van der Waals surface area contributed by atoms with Gasteiger partial charge in [-0.2, -0.15) is 4.98 Å². The van der Waals surface area contributed by atoms with Crippen molar-refractivity contribution < 1.29 is 0 Å². The molecular weight excluding hydrogens is 395 g/mol. The quantitative estimate of drug-likeness (QED) is 0.754. The van der Waals surface area contributed by atoms with Crippen molar-refractivity contribution in [3.63, 3.8) is 0 Å². The summed E-state index contributed by atoms with van der Waals surface area (Å²) in [5.41, 5.74) is 7.51. The van der Waals surface area contributed by atoms with E-state index in [-0.39, 0.29) is 11.5 Å². The second-order valence-electron chi connectivity index (χ2n) is 8.27. The molecule has 1 aliphatic heterocycles. The van der Waals surface area contributed by atoms with Crippen LogP contribution in [0.25, 0.3) is 5.69 Å². The van der Waals surface area contributed by atoms with Gasteiger partial charge >= 0.3 is 0 Å². The third-order valence-corrected chi connectivity index (χ3v) is 7.71. The first-order valence-electron chi connectivity index (χ1n) is 9.92. The molecule has 2 aromatic rings. The lowest BCUT2D eigenvalue weighted by atomic mass is 9.71. The smallest absolute Gasteiger partial charge is 0.264 e. The van der Waals surface area contributed by atoms with Crippen molar-refractivity contribution in [2.45, 2.75) is 46.0 Å². The molecule has 1 atom stereocenters. The number of hydrogen-bond acceptors (Lipinski definition) is 4. The molecule has 2 heterocycles. The zero-order valence-electron chi connectivity index (χ0n) is 16.3. The minimum Gasteiger partial charge on any atom is -0.369 e. The van der Waals surface area contributed by atoms with E-state index in [1.54, 1.807) is 18.2 Å². The first-order valence-corrected chi connectivity index (χ1v) is 10.7. The molecule has 1 aromatic heterocycles. The zero-order valence-corrected chi connectivity index (χ0v) is 17.9. The van der Waals surface area contributed by atoms with Crippen LogP contribution in [0.2, 0.25) is 10.0 Å². The van der Waals surface area contributed by atoms with Crippen molar-refractivity contribution in [3.8, 4) is 5.69 Å². The molecule has 1 saturated carbocycles. The van der Waals surface area contributed by atoms with Gasteiger partial charge in [0, 0.05) is 13.1 Å². The van der Waals surface area contributed by atoms with Crippen molar-refractivity contribution in [2.75, 3.05) is 23.7 Å². The first kappa shape index (κ1) is 19.6. The summed E-state index contributed by atoms with van der Waals surface area (Å²) in [6.45, 7) is 6.03. The number of nitrogens with zero attached hydrogens (tertiary/aromatic N) is 3. The number of piperidine rings is 1. The fraction of sp³-hybridized carbons (Fsp3) is 0.524. The van der Waals surface area contributed by atoms with Gasteiger partial charge in [-0.1, -0.05) is 49.0 Å². The van der Waals surface area contributed by atoms with Crippen LogP contribution in [0.4, 0.5) is 11.8 Å². The van der Waals surface area contributed by atoms with E-state index in [1.807, 2.05) is 6.92 Å². The Morgan fingerprint density at radius 2 is 1.93 bits per heavy atom. The van der Waals surface area contributed by atoms with Gasteiger partial charge in [-0.05, 0) is 49.7 Å². The highest BCUT2D eigenvalue weighted by molar-refractivity contribution is 6.43. The maximum atomic E-state index is 13.1. The highest BCUT2D eigenvalue weighted by atomic mass is 35.5. The lowest BCUT2D eigenvalue weighted by Crippen LogP contribution is -2.43. The van der Waals surface area contributed by atoms with Crippen LogP contribution in [-0.2, 0) is 0 Å². The van der Waals surface area contributed by atoms with Crippen molar-refractivity contribution in [2.24, 2.45) is 11.3 Å². The predicted molar refractivity (Wildman–Crippen MR) is 116 cm³/mol. The molecule has 0 radical (unpaired) electrons. The Hall–Kier alpha value is -1.72. The van der Waals surface area contributed by atoms with E-state index in [9.17, 15) is 4.79 Å². The Bertz CT molecular complexity index is 964. The lowest BCUT2D eigenvalue weighted by molar-refractivity contribution is 0.161. The fourth-order valence-electron chi connectivity index (χ4n) is 5.04. The lowest BCUT2D eigenvalue weighted by Gasteiger charge is -2.43. The minimum atomic E-state index is -0.207. The summed E-state index contributed by atoms with van der Waals surface area (Å²) < 4.78 is 1.34. The average Bonchev–Trinajstić information content (AvgIpc) is 3.02. The number of benzene rings is 1. The largest absolute Gasteiger partial charge is 0.369 e. The second-order valence-corrected chi connectivity index (χ2v) is 9.06. The molecular formula is C21H26Cl2N4O. The molecule has 7 heteroatoms. The Morgan fingerprint density at radius 1 is 1.21 bits per heavy atom. The molecule has 4 rings (SSSR count). The third kappa shape index (κ3) is 3.09. The van der Waals surface area contributed by atoms with Gasteiger partial charge in [0.25, 0.3) is 5.56 Å². The molecule has 150 valence electrons. The Kier molecular flexibility index (Phi) is 5.09. The predicted octanol–water partition coefficient (Wildman–Crippen LogP) is 4.84. The van der Waals surface area contributed by atoms with Gasteiger partial charge in [0.2, 0.25) is 5.95 Å². The van der Waals surface area contributed by atoms with E-state index in [4.69, 9.17) is 28.9 Å². The van der Waals surface area contributed by atoms with E-state index in [2.05, 4.69) is 16.8 Å². The normalized spacial score (nSPS) is 21.4. The zero-order chi connectivity index (χ0) is 20.1. The Balaban J connectivity index is 1.68. The molecule has 0 unspecified atom stereocenters. The van der Waals surface area contributed by atoms with Crippen molar-refractivity contribution in [1.29, 1.82) is 0 Å². The first-order chi connectivity index (χ1) is 13.3. The van der Waals surface area contributed by atoms with Crippen LogP contribution in [0, 0.1) is 18.3 Å². The molecule has 28 heavy (non-hydrogen) atoms. The topological polar surface area (TPSA) is 64.2 Å². The van der Waals surface area contributed by atoms with Crippen LogP contribution in [-0.4, -0.2) is 22.6 Å². The number of halogens is 2. The monoisotopic (exact) mass is 420 g/mol. The van der Waals surface area contributed by atoms with Gasteiger partial charge in [-0.15, -0.1) is 0 Å². The van der Waals surface area contributed by atoms with Crippen LogP contribution in [0.1, 0.15) is 44.6 Å². The molecule has 2 N–H and O–H groups in total. The minimum absolute atomic E-state index is 0.129. The molecule has 1 aromatic carbocycles. The van der Waals surface area contributed by atoms with Crippen LogP contribution in [0.5, 0.6) is 0 Å². The highest BCUT2D eigenvalue weighted by Gasteiger charge is 2.42. The third-order valence-electron chi connectivity index (χ3n) is 6.90. The summed E-state index contributed by atoms with van der Waals surface area (Å²) in [6, 6.07) is 5.14. The molecule has 1 spiro atoms. The molecule has 1 aliphatic carbocycles. The van der Waals surface area contributed by atoms with E-state index in [0.717, 1.165) is 31.8 Å². The summed E-state index contributed by atoms with van der Waals surface area (Å²) in [4.78, 5) is 20.0. The van der Waals surface area contributed by atoms with Gasteiger partial charge in [0.05, 0.1) is 21.3 Å². The molecule has 2 fully saturated rings. The molecule has 2 aliphatic rings. The van der Waals surface area contributed by atoms with Gasteiger partial charge < -0.3 is 10.6 Å². The summed E-state index contributed by atoms with van der Waals surface area (Å²) in [5, 5.41) is 0.668. The Labute approximate surface area is 175 Å². The summed E-state index contributed by atoms with van der Waals surface area (Å²) in [7, 11) is 0. The molecule has 1 saturated heterocycles. The van der Waals surface area contributed by atoms with Crippen LogP contribution >= 0.6 is 23.2 Å². The maximum Gasteiger partial charge on any atom is 0.264 e. The number of rotatable bonds is 2. The van der Waals surface area contributed by atoms with Crippen LogP contribution in [0.15, 0.2) is 23.0 Å². The second kappa shape index (κ2) is 7.27. The van der Waals surface area contributed by atoms with E-state index in [1.165, 1.54) is 23.8 Å². The van der Waals surface area contributed by atoms with Gasteiger partial charge in [0.1, 0.15) is 5.82 Å². The van der Waals surface area contributed by atoms with E-state index in [0.29, 0.717) is 32.5 Å². The summed E-state index contributed by atoms with van der Waals surface area (Å²) in [6.07, 6.45) is 6.30. The van der Waals surface area contributed by atoms with Gasteiger partial charge in [0.15, 0.2) is 0 Å². The van der Waals surface area contributed by atoms with E-state index >= 15 is 0 Å². The van der Waals surface area contributed by atoms with Gasteiger partial charge in [-0.3, -0.25) is 4.79 Å². The fourth-order valence-corrected chi connectivity index (χ4v) is 5.42. The maximum absolute atomic E-state index is 13.1. The number of nitrogen functional groups attached to an aromatic ring is 1. The van der Waals surface area contributed by atoms with Crippen LogP contribution < -0.4 is 16.2 Å². The molecule has 0 amide bonds. The number of anilines is 2. The summed E-state index contributed by atoms with van der Waals surface area (Å²) in [5.74, 6) is 1.61. The number of nitrogens with two attached hydrogens (primary N) is 1. The highest BCUT2D eigenvalue weighted by Crippen LogP contribution is 2.50. The van der Waals surface area contributed by atoms with Crippen molar-refractivity contribution in [3.05, 3.63) is 44.2 Å². The number of hydrogen-bond donors (Lipinski definition) is 1. The molecule has 5 nitrogen and oxygen atoms in total. The Morgan fingerprint density at radius 3 is 2.57 bits per heavy atom. The average molecular weight is 421 g/mol. The van der Waals surface area contributed by atoms with Gasteiger partial charge in [-0.25, -0.2) is 4.57 Å². The molecule has 0 bridgehead atoms. The van der Waals surface area contributed by atoms with Crippen molar-refractivity contribution in [1.82, 2.24) is 9.55 Å². The standard InChI is InChI=1S/C21H26Cl2N4O/c1-13-5-4-8-21(13)9-11-26(12-10-21)18-14(2)19(28)27(20(24)25-18)16-7-3-6-15(22)17(16)23/h3,6-7,13H,4-5,8-12H2,1-2H3,(H2,24,25)/t13-/m1/s1. The number of aromatic nitrogens is 2. The van der Waals surface area contributed by atoms with Crippen LogP contribution in [0.3, 0.4) is 0 Å².